The Balaban J connectivity index is 0.891. The molecule has 342 valence electrons. The van der Waals surface area contributed by atoms with Crippen LogP contribution >= 0.6 is 0 Å². The summed E-state index contributed by atoms with van der Waals surface area (Å²) < 4.78 is 30.3. The number of carbonyl (C=O) groups is 1. The molecule has 14 rings (SSSR count). The summed E-state index contributed by atoms with van der Waals surface area (Å²) in [5.74, 6) is 2.30. The van der Waals surface area contributed by atoms with Gasteiger partial charge in [-0.05, 0) is 183 Å². The van der Waals surface area contributed by atoms with Crippen LogP contribution in [-0.2, 0) is 16.3 Å². The molecule has 0 aromatic heterocycles. The topological polar surface area (TPSA) is 51.2 Å². The molecule has 0 N–H and O–H groups in total. The van der Waals surface area contributed by atoms with Gasteiger partial charge in [-0.15, -0.1) is 0 Å². The maximum absolute atomic E-state index is 15.2. The molecule has 0 spiro atoms. The summed E-state index contributed by atoms with van der Waals surface area (Å²) in [7, 11) is -3.91. The van der Waals surface area contributed by atoms with E-state index in [0.717, 1.165) is 101 Å². The molecule has 0 amide bonds. The van der Waals surface area contributed by atoms with Gasteiger partial charge in [0.15, 0.2) is 0 Å². The number of rotatable bonds is 6. The number of aldehydes is 1. The Hall–Kier alpha value is -7.66. The first-order chi connectivity index (χ1) is 34.7. The third kappa shape index (κ3) is 6.40. The fraction of sp³-hybridized carbons (Fsp3) is 0.149. The summed E-state index contributed by atoms with van der Waals surface area (Å²) in [6.07, 6.45) is 15.3. The normalized spacial score (nSPS) is 18.6. The lowest BCUT2D eigenvalue weighted by Crippen LogP contribution is -2.26. The van der Waals surface area contributed by atoms with E-state index in [1.807, 2.05) is 42.5 Å². The first kappa shape index (κ1) is 42.2. The predicted octanol–water partition coefficient (Wildman–Crippen LogP) is 17.3. The molecular weight excluding hydrogens is 885 g/mol. The molecule has 3 nitrogen and oxygen atoms in total. The average Bonchev–Trinajstić information content (AvgIpc) is 3.61. The van der Waals surface area contributed by atoms with Gasteiger partial charge in [-0.1, -0.05) is 178 Å². The highest BCUT2D eigenvalue weighted by molar-refractivity contribution is 7.92. The molecule has 1 aliphatic heterocycles. The van der Waals surface area contributed by atoms with Gasteiger partial charge in [0.1, 0.15) is 6.29 Å². The first-order valence-electron chi connectivity index (χ1n) is 25.3. The van der Waals surface area contributed by atoms with E-state index in [0.29, 0.717) is 33.1 Å². The van der Waals surface area contributed by atoms with Gasteiger partial charge >= 0.3 is 0 Å². The number of sulfone groups is 1. The van der Waals surface area contributed by atoms with Gasteiger partial charge in [-0.2, -0.15) is 0 Å². The number of hydrogen-bond acceptors (Lipinski definition) is 3. The Morgan fingerprint density at radius 2 is 1.03 bits per heavy atom. The van der Waals surface area contributed by atoms with Crippen molar-refractivity contribution in [3.05, 3.63) is 204 Å². The van der Waals surface area contributed by atoms with Crippen molar-refractivity contribution in [2.75, 3.05) is 0 Å². The lowest BCUT2D eigenvalue weighted by Gasteiger charge is -2.38. The minimum Gasteiger partial charge on any atom is -0.298 e. The molecule has 3 atom stereocenters. The van der Waals surface area contributed by atoms with Crippen molar-refractivity contribution in [1.82, 2.24) is 0 Å². The van der Waals surface area contributed by atoms with Crippen molar-refractivity contribution >= 4 is 71.4 Å². The molecule has 3 aliphatic carbocycles. The third-order valence-electron chi connectivity index (χ3n) is 16.7. The summed E-state index contributed by atoms with van der Waals surface area (Å²) in [6.45, 7) is 4.71. The maximum atomic E-state index is 15.2. The van der Waals surface area contributed by atoms with Crippen LogP contribution < -0.4 is 0 Å². The van der Waals surface area contributed by atoms with Crippen LogP contribution in [0.4, 0.5) is 0 Å². The van der Waals surface area contributed by atoms with Gasteiger partial charge < -0.3 is 0 Å². The van der Waals surface area contributed by atoms with Crippen LogP contribution in [0.25, 0.3) is 111 Å². The smallest absolute Gasteiger partial charge is 0.207 e. The van der Waals surface area contributed by atoms with Crippen LogP contribution in [-0.4, -0.2) is 14.7 Å². The molecule has 4 aliphatic rings. The van der Waals surface area contributed by atoms with E-state index < -0.39 is 9.84 Å². The predicted molar refractivity (Wildman–Crippen MR) is 295 cm³/mol. The fourth-order valence-electron chi connectivity index (χ4n) is 13.1. The highest BCUT2D eigenvalue weighted by Crippen LogP contribution is 2.52. The van der Waals surface area contributed by atoms with E-state index in [-0.39, 0.29) is 0 Å². The molecule has 1 fully saturated rings. The average molecular weight is 935 g/mol. The van der Waals surface area contributed by atoms with E-state index in [4.69, 9.17) is 0 Å². The second kappa shape index (κ2) is 15.9. The SMILES string of the molecule is CC1C=Cc2c(c(-c3ccc4c(c3)C=CC(C3CCC3)C4C)c3ccccc3c2-c2ccc3c(c2)S(=O)(=O)c2cc(-c4c5ccccc5c(-c5ccc6cc(C=O)ccc6c5)c5ccccc45)ccc2-3)C1. The molecule has 10 aromatic carbocycles. The quantitative estimate of drug-likeness (QED) is 0.123. The van der Waals surface area contributed by atoms with Gasteiger partial charge in [0.05, 0.1) is 9.79 Å². The van der Waals surface area contributed by atoms with E-state index in [9.17, 15) is 4.79 Å². The molecule has 3 unspecified atom stereocenters. The summed E-state index contributed by atoms with van der Waals surface area (Å²) in [5.41, 5.74) is 16.0. The van der Waals surface area contributed by atoms with Gasteiger partial charge in [-0.3, -0.25) is 4.79 Å². The zero-order valence-corrected chi connectivity index (χ0v) is 40.6. The number of carbonyl (C=O) groups excluding carboxylic acids is 1. The number of hydrogen-bond donors (Lipinski definition) is 0. The first-order valence-corrected chi connectivity index (χ1v) is 26.8. The highest BCUT2D eigenvalue weighted by Gasteiger charge is 2.36. The van der Waals surface area contributed by atoms with Crippen molar-refractivity contribution in [1.29, 1.82) is 0 Å². The summed E-state index contributed by atoms with van der Waals surface area (Å²) in [5, 5.41) is 8.66. The van der Waals surface area contributed by atoms with E-state index in [2.05, 4.69) is 159 Å². The summed E-state index contributed by atoms with van der Waals surface area (Å²) in [4.78, 5) is 12.3. The standard InChI is InChI=1S/C67H50O3S/c1-39-18-27-60-61(32-39)67(47-24-29-51-40(2)50(42-10-9-11-42)28-23-45(51)35-47)59-17-8-7-16-58(59)66(60)49-26-31-53-52-30-25-48(36-62(52)71(69,70)63(53)37-49)65-56-14-5-3-12-54(56)64(55-13-4-6-15-57(55)65)46-22-21-43-33-41(38-68)19-20-44(43)34-46/h3-8,12-31,33-40,42,50H,9-11,32H2,1-2H3. The summed E-state index contributed by atoms with van der Waals surface area (Å²) >= 11 is 0. The molecule has 10 aromatic rings. The molecule has 1 saturated carbocycles. The van der Waals surface area contributed by atoms with Gasteiger partial charge in [-0.25, -0.2) is 8.42 Å². The zero-order chi connectivity index (χ0) is 47.7. The Kier molecular flexibility index (Phi) is 9.48. The van der Waals surface area contributed by atoms with Crippen LogP contribution in [0, 0.1) is 17.8 Å². The molecule has 0 bridgehead atoms. The second-order valence-corrected chi connectivity index (χ2v) is 22.6. The minimum atomic E-state index is -3.91. The second-order valence-electron chi connectivity index (χ2n) is 20.7. The molecule has 1 heterocycles. The van der Waals surface area contributed by atoms with E-state index >= 15 is 8.42 Å². The van der Waals surface area contributed by atoms with Crippen LogP contribution in [0.2, 0.25) is 0 Å². The monoisotopic (exact) mass is 934 g/mol. The zero-order valence-electron chi connectivity index (χ0n) is 39.7. The molecular formula is C67H50O3S. The Morgan fingerprint density at radius 3 is 1.63 bits per heavy atom. The Morgan fingerprint density at radius 1 is 0.507 bits per heavy atom. The Labute approximate surface area is 414 Å². The fourth-order valence-corrected chi connectivity index (χ4v) is 14.8. The van der Waals surface area contributed by atoms with Crippen molar-refractivity contribution in [3.8, 4) is 55.6 Å². The minimum absolute atomic E-state index is 0.342. The summed E-state index contributed by atoms with van der Waals surface area (Å²) in [6, 6.07) is 57.2. The number of fused-ring (bicyclic) bond motifs is 9. The van der Waals surface area contributed by atoms with Crippen LogP contribution in [0.3, 0.4) is 0 Å². The highest BCUT2D eigenvalue weighted by atomic mass is 32.2. The molecule has 4 heteroatoms. The molecule has 71 heavy (non-hydrogen) atoms. The van der Waals surface area contributed by atoms with Crippen molar-refractivity contribution in [3.63, 3.8) is 0 Å². The largest absolute Gasteiger partial charge is 0.298 e. The van der Waals surface area contributed by atoms with E-state index in [1.54, 1.807) is 0 Å². The van der Waals surface area contributed by atoms with Gasteiger partial charge in [0, 0.05) is 16.7 Å². The maximum Gasteiger partial charge on any atom is 0.207 e. The number of benzene rings is 10. The molecule has 0 saturated heterocycles. The Bertz CT molecular complexity index is 4090. The van der Waals surface area contributed by atoms with E-state index in [1.165, 1.54) is 58.0 Å². The van der Waals surface area contributed by atoms with Crippen LogP contribution in [0.15, 0.2) is 186 Å². The van der Waals surface area contributed by atoms with Crippen LogP contribution in [0.1, 0.15) is 71.6 Å². The van der Waals surface area contributed by atoms with Crippen molar-refractivity contribution in [2.24, 2.45) is 17.8 Å². The number of allylic oxidation sites excluding steroid dienone is 2. The third-order valence-corrected chi connectivity index (χ3v) is 18.6. The molecule has 0 radical (unpaired) electrons. The van der Waals surface area contributed by atoms with Crippen molar-refractivity contribution < 1.29 is 13.2 Å². The van der Waals surface area contributed by atoms with Crippen molar-refractivity contribution in [2.45, 2.75) is 55.2 Å². The van der Waals surface area contributed by atoms with Gasteiger partial charge in [0.25, 0.3) is 0 Å². The van der Waals surface area contributed by atoms with Gasteiger partial charge in [0.2, 0.25) is 9.84 Å². The van der Waals surface area contributed by atoms with Crippen LogP contribution in [0.5, 0.6) is 0 Å². The lowest BCUT2D eigenvalue weighted by atomic mass is 9.66. The lowest BCUT2D eigenvalue weighted by molar-refractivity contribution is 0.112.